The first-order valence-electron chi connectivity index (χ1n) is 8.97. The van der Waals surface area contributed by atoms with Crippen LogP contribution >= 0.6 is 0 Å². The third kappa shape index (κ3) is 2.87. The van der Waals surface area contributed by atoms with Crippen LogP contribution in [0.15, 0.2) is 6.33 Å². The second kappa shape index (κ2) is 6.54. The third-order valence-electron chi connectivity index (χ3n) is 4.98. The van der Waals surface area contributed by atoms with Crippen LogP contribution in [0.2, 0.25) is 0 Å². The molecule has 1 amide bonds. The van der Waals surface area contributed by atoms with Gasteiger partial charge in [0.05, 0.1) is 7.11 Å². The molecule has 1 aliphatic carbocycles. The molecule has 0 spiro atoms. The Morgan fingerprint density at radius 2 is 2.12 bits per heavy atom. The molecule has 1 aliphatic heterocycles. The van der Waals surface area contributed by atoms with E-state index in [2.05, 4.69) is 20.3 Å². The summed E-state index contributed by atoms with van der Waals surface area (Å²) >= 11 is 0. The van der Waals surface area contributed by atoms with Crippen molar-refractivity contribution >= 4 is 28.9 Å². The van der Waals surface area contributed by atoms with Gasteiger partial charge < -0.3 is 19.5 Å². The van der Waals surface area contributed by atoms with E-state index in [1.54, 1.807) is 4.57 Å². The van der Waals surface area contributed by atoms with Gasteiger partial charge in [-0.3, -0.25) is 4.79 Å². The highest BCUT2D eigenvalue weighted by Gasteiger charge is 2.36. The lowest BCUT2D eigenvalue weighted by atomic mass is 10.2. The molecule has 1 N–H and O–H groups in total. The monoisotopic (exact) mass is 358 g/mol. The molecule has 4 rings (SSSR count). The quantitative estimate of drug-likeness (QED) is 0.797. The van der Waals surface area contributed by atoms with Crippen molar-refractivity contribution in [3.05, 3.63) is 12.2 Å². The third-order valence-corrected chi connectivity index (χ3v) is 4.98. The van der Waals surface area contributed by atoms with Crippen molar-refractivity contribution in [2.24, 2.45) is 5.92 Å². The molecule has 2 aliphatic rings. The van der Waals surface area contributed by atoms with E-state index in [1.165, 1.54) is 13.4 Å². The Balaban J connectivity index is 1.58. The SMILES string of the molecule is CCn1c(C(=O)OC)nc2c(N[C@H]3CCN(C(=O)C4CC4)C3)ncnc21. The van der Waals surface area contributed by atoms with E-state index in [0.717, 1.165) is 25.8 Å². The molecule has 0 aromatic carbocycles. The molecular formula is C17H22N6O3. The minimum Gasteiger partial charge on any atom is -0.463 e. The lowest BCUT2D eigenvalue weighted by Crippen LogP contribution is -2.32. The lowest BCUT2D eigenvalue weighted by Gasteiger charge is -2.17. The fraction of sp³-hybridized carbons (Fsp3) is 0.588. The summed E-state index contributed by atoms with van der Waals surface area (Å²) in [6.07, 6.45) is 4.36. The van der Waals surface area contributed by atoms with Gasteiger partial charge in [0.25, 0.3) is 0 Å². The number of imidazole rings is 1. The molecule has 2 aromatic rings. The largest absolute Gasteiger partial charge is 0.463 e. The number of esters is 1. The summed E-state index contributed by atoms with van der Waals surface area (Å²) in [6.45, 7) is 3.89. The second-order valence-corrected chi connectivity index (χ2v) is 6.75. The lowest BCUT2D eigenvalue weighted by molar-refractivity contribution is -0.131. The van der Waals surface area contributed by atoms with Crippen LogP contribution in [-0.4, -0.2) is 62.5 Å². The molecule has 0 radical (unpaired) electrons. The predicted octanol–water partition coefficient (Wildman–Crippen LogP) is 1.06. The smallest absolute Gasteiger partial charge is 0.374 e. The number of fused-ring (bicyclic) bond motifs is 1. The molecule has 0 unspecified atom stereocenters. The zero-order valence-electron chi connectivity index (χ0n) is 14.9. The first kappa shape index (κ1) is 16.7. The number of aryl methyl sites for hydroxylation is 1. The van der Waals surface area contributed by atoms with Gasteiger partial charge in [-0.15, -0.1) is 0 Å². The predicted molar refractivity (Wildman–Crippen MR) is 93.7 cm³/mol. The fourth-order valence-corrected chi connectivity index (χ4v) is 3.45. The van der Waals surface area contributed by atoms with Crippen LogP contribution in [0, 0.1) is 5.92 Å². The zero-order valence-corrected chi connectivity index (χ0v) is 14.9. The van der Waals surface area contributed by atoms with Gasteiger partial charge in [-0.1, -0.05) is 0 Å². The highest BCUT2D eigenvalue weighted by Crippen LogP contribution is 2.32. The van der Waals surface area contributed by atoms with Gasteiger partial charge in [-0.2, -0.15) is 0 Å². The van der Waals surface area contributed by atoms with Crippen molar-refractivity contribution in [1.82, 2.24) is 24.4 Å². The van der Waals surface area contributed by atoms with E-state index in [0.29, 0.717) is 30.1 Å². The molecule has 2 aromatic heterocycles. The number of aromatic nitrogens is 4. The van der Waals surface area contributed by atoms with Crippen molar-refractivity contribution in [3.8, 4) is 0 Å². The minimum absolute atomic E-state index is 0.115. The van der Waals surface area contributed by atoms with E-state index >= 15 is 0 Å². The minimum atomic E-state index is -0.502. The van der Waals surface area contributed by atoms with E-state index in [4.69, 9.17) is 4.74 Å². The summed E-state index contributed by atoms with van der Waals surface area (Å²) < 4.78 is 6.53. The zero-order chi connectivity index (χ0) is 18.3. The van der Waals surface area contributed by atoms with Crippen molar-refractivity contribution in [1.29, 1.82) is 0 Å². The number of carbonyl (C=O) groups excluding carboxylic acids is 2. The average Bonchev–Trinajstić information content (AvgIpc) is 3.28. The van der Waals surface area contributed by atoms with Crippen LogP contribution in [0.25, 0.3) is 11.2 Å². The van der Waals surface area contributed by atoms with Gasteiger partial charge >= 0.3 is 5.97 Å². The molecule has 1 saturated carbocycles. The average molecular weight is 358 g/mol. The molecule has 3 heterocycles. The molecule has 1 atom stereocenters. The van der Waals surface area contributed by atoms with Crippen molar-refractivity contribution in [2.45, 2.75) is 38.8 Å². The Morgan fingerprint density at radius 1 is 1.31 bits per heavy atom. The normalized spacial score (nSPS) is 19.8. The van der Waals surface area contributed by atoms with Gasteiger partial charge in [0, 0.05) is 31.6 Å². The van der Waals surface area contributed by atoms with E-state index < -0.39 is 5.97 Å². The Kier molecular flexibility index (Phi) is 4.21. The van der Waals surface area contributed by atoms with E-state index in [-0.39, 0.29) is 23.7 Å². The highest BCUT2D eigenvalue weighted by atomic mass is 16.5. The van der Waals surface area contributed by atoms with E-state index in [1.807, 2.05) is 11.8 Å². The molecule has 2 fully saturated rings. The number of hydrogen-bond donors (Lipinski definition) is 1. The molecule has 1 saturated heterocycles. The topological polar surface area (TPSA) is 102 Å². The van der Waals surface area contributed by atoms with Gasteiger partial charge in [0.2, 0.25) is 11.7 Å². The maximum absolute atomic E-state index is 12.2. The molecule has 0 bridgehead atoms. The number of hydrogen-bond acceptors (Lipinski definition) is 7. The molecule has 9 nitrogen and oxygen atoms in total. The first-order valence-corrected chi connectivity index (χ1v) is 8.97. The molecule has 26 heavy (non-hydrogen) atoms. The van der Waals surface area contributed by atoms with Gasteiger partial charge in [-0.05, 0) is 26.2 Å². The maximum Gasteiger partial charge on any atom is 0.374 e. The molecule has 9 heteroatoms. The summed E-state index contributed by atoms with van der Waals surface area (Å²) in [5, 5.41) is 3.38. The van der Waals surface area contributed by atoms with Crippen LogP contribution in [0.4, 0.5) is 5.82 Å². The Labute approximate surface area is 150 Å². The number of amides is 1. The van der Waals surface area contributed by atoms with E-state index in [9.17, 15) is 9.59 Å². The number of carbonyl (C=O) groups is 2. The number of anilines is 1. The van der Waals surface area contributed by atoms with Gasteiger partial charge in [0.1, 0.15) is 6.33 Å². The van der Waals surface area contributed by atoms with Crippen LogP contribution in [0.3, 0.4) is 0 Å². The van der Waals surface area contributed by atoms with Crippen LogP contribution in [-0.2, 0) is 16.1 Å². The number of nitrogens with zero attached hydrogens (tertiary/aromatic N) is 5. The maximum atomic E-state index is 12.2. The summed E-state index contributed by atoms with van der Waals surface area (Å²) in [6, 6.07) is 0.115. The van der Waals surface area contributed by atoms with Crippen molar-refractivity contribution < 1.29 is 14.3 Å². The van der Waals surface area contributed by atoms with Gasteiger partial charge in [0.15, 0.2) is 17.0 Å². The summed E-state index contributed by atoms with van der Waals surface area (Å²) in [4.78, 5) is 39.1. The van der Waals surface area contributed by atoms with Crippen molar-refractivity contribution in [3.63, 3.8) is 0 Å². The number of rotatable bonds is 5. The molecule has 138 valence electrons. The second-order valence-electron chi connectivity index (χ2n) is 6.75. The highest BCUT2D eigenvalue weighted by molar-refractivity contribution is 5.93. The van der Waals surface area contributed by atoms with Crippen LogP contribution in [0.1, 0.15) is 36.8 Å². The van der Waals surface area contributed by atoms with Gasteiger partial charge in [-0.25, -0.2) is 19.7 Å². The summed E-state index contributed by atoms with van der Waals surface area (Å²) in [5.74, 6) is 0.800. The Morgan fingerprint density at radius 3 is 2.81 bits per heavy atom. The summed E-state index contributed by atoms with van der Waals surface area (Å²) in [5.41, 5.74) is 1.14. The van der Waals surface area contributed by atoms with Crippen LogP contribution in [0.5, 0.6) is 0 Å². The number of ether oxygens (including phenoxy) is 1. The summed E-state index contributed by atoms with van der Waals surface area (Å²) in [7, 11) is 1.33. The Hall–Kier alpha value is -2.71. The Bertz CT molecular complexity index is 860. The first-order chi connectivity index (χ1) is 12.6. The number of methoxy groups -OCH3 is 1. The number of likely N-dealkylation sites (tertiary alicyclic amines) is 1. The van der Waals surface area contributed by atoms with Crippen molar-refractivity contribution in [2.75, 3.05) is 25.5 Å². The van der Waals surface area contributed by atoms with Crippen LogP contribution < -0.4 is 5.32 Å². The number of nitrogens with one attached hydrogen (secondary N) is 1. The fourth-order valence-electron chi connectivity index (χ4n) is 3.45. The standard InChI is InChI=1S/C17H22N6O3/c1-3-23-14-12(21-15(23)17(25)26-2)13(18-9-19-14)20-11-6-7-22(8-11)16(24)10-4-5-10/h9-11H,3-8H2,1-2H3,(H,18,19,20)/t11-/m0/s1. The molecular weight excluding hydrogens is 336 g/mol.